The predicted molar refractivity (Wildman–Crippen MR) is 109 cm³/mol. The van der Waals surface area contributed by atoms with Crippen LogP contribution in [-0.4, -0.2) is 73.2 Å². The third-order valence-electron chi connectivity index (χ3n) is 3.26. The number of methoxy groups -OCH3 is 1. The molecular formula is C16H33N2O3PS2. The van der Waals surface area contributed by atoms with Crippen molar-refractivity contribution in [1.29, 1.82) is 0 Å². The van der Waals surface area contributed by atoms with Gasteiger partial charge in [-0.25, -0.2) is 11.2 Å². The molecule has 3 unspecified atom stereocenters. The van der Waals surface area contributed by atoms with E-state index in [0.29, 0.717) is 25.2 Å². The molecule has 0 aromatic carbocycles. The lowest BCUT2D eigenvalue weighted by Gasteiger charge is -2.38. The van der Waals surface area contributed by atoms with Gasteiger partial charge in [0.15, 0.2) is 0 Å². The van der Waals surface area contributed by atoms with E-state index in [4.69, 9.17) is 20.4 Å². The van der Waals surface area contributed by atoms with Crippen LogP contribution in [0.25, 0.3) is 4.85 Å². The number of rotatable bonds is 14. The van der Waals surface area contributed by atoms with Crippen molar-refractivity contribution in [3.05, 3.63) is 11.4 Å². The first kappa shape index (κ1) is 24.5. The van der Waals surface area contributed by atoms with E-state index in [1.807, 2.05) is 0 Å². The molecule has 8 heteroatoms. The fraction of sp³-hybridized carbons (Fsp3) is 0.938. The smallest absolute Gasteiger partial charge is 0.259 e. The zero-order chi connectivity index (χ0) is 18.5. The van der Waals surface area contributed by atoms with Crippen LogP contribution in [0, 0.1) is 6.57 Å². The summed E-state index contributed by atoms with van der Waals surface area (Å²) in [6.07, 6.45) is 4.15. The Bertz CT molecular complexity index is 349. The summed E-state index contributed by atoms with van der Waals surface area (Å²) in [5.41, 5.74) is 0. The van der Waals surface area contributed by atoms with E-state index < -0.39 is 8.53 Å². The summed E-state index contributed by atoms with van der Waals surface area (Å²) in [5.74, 6) is 1.74. The number of nitrogens with zero attached hydrogens (tertiary/aromatic N) is 2. The van der Waals surface area contributed by atoms with E-state index >= 15 is 0 Å². The van der Waals surface area contributed by atoms with Crippen molar-refractivity contribution in [3.63, 3.8) is 0 Å². The zero-order valence-electron chi connectivity index (χ0n) is 16.0. The summed E-state index contributed by atoms with van der Waals surface area (Å²) < 4.78 is 20.4. The molecule has 0 N–H and O–H groups in total. The second-order valence-corrected chi connectivity index (χ2v) is 9.08. The summed E-state index contributed by atoms with van der Waals surface area (Å²) in [6.45, 7) is 16.3. The zero-order valence-corrected chi connectivity index (χ0v) is 18.5. The molecule has 0 saturated carbocycles. The lowest BCUT2D eigenvalue weighted by Crippen LogP contribution is -2.39. The van der Waals surface area contributed by atoms with Crippen molar-refractivity contribution in [1.82, 2.24) is 4.67 Å². The Balaban J connectivity index is 5.23. The predicted octanol–water partition coefficient (Wildman–Crippen LogP) is 4.39. The van der Waals surface area contributed by atoms with Gasteiger partial charge in [-0.2, -0.15) is 23.5 Å². The van der Waals surface area contributed by atoms with Crippen LogP contribution in [0.5, 0.6) is 0 Å². The minimum atomic E-state index is -1.23. The van der Waals surface area contributed by atoms with Gasteiger partial charge in [-0.05, 0) is 40.2 Å². The van der Waals surface area contributed by atoms with Crippen LogP contribution in [0.4, 0.5) is 0 Å². The first-order chi connectivity index (χ1) is 11.4. The monoisotopic (exact) mass is 396 g/mol. The van der Waals surface area contributed by atoms with Crippen molar-refractivity contribution >= 4 is 32.0 Å². The highest BCUT2D eigenvalue weighted by molar-refractivity contribution is 7.99. The Morgan fingerprint density at radius 2 is 1.58 bits per heavy atom. The second-order valence-electron chi connectivity index (χ2n) is 5.85. The number of ether oxygens (including phenoxy) is 1. The average Bonchev–Trinajstić information content (AvgIpc) is 2.51. The summed E-state index contributed by atoms with van der Waals surface area (Å²) in [6, 6.07) is 0.612. The van der Waals surface area contributed by atoms with Crippen LogP contribution in [0.15, 0.2) is 0 Å². The molecular weight excluding hydrogens is 363 g/mol. The second kappa shape index (κ2) is 14.6. The summed E-state index contributed by atoms with van der Waals surface area (Å²) in [7, 11) is 0.511. The van der Waals surface area contributed by atoms with Gasteiger partial charge in [-0.15, -0.1) is 0 Å². The van der Waals surface area contributed by atoms with Crippen molar-refractivity contribution in [2.24, 2.45) is 0 Å². The van der Waals surface area contributed by atoms with Gasteiger partial charge in [-0.3, -0.25) is 0 Å². The van der Waals surface area contributed by atoms with Crippen LogP contribution in [0.2, 0.25) is 0 Å². The summed E-state index contributed by atoms with van der Waals surface area (Å²) in [5, 5.41) is 0. The Labute approximate surface area is 158 Å². The molecule has 0 aromatic heterocycles. The van der Waals surface area contributed by atoms with Gasteiger partial charge in [0.1, 0.15) is 12.7 Å². The van der Waals surface area contributed by atoms with Crippen molar-refractivity contribution in [2.75, 3.05) is 44.3 Å². The molecule has 0 aliphatic rings. The van der Waals surface area contributed by atoms with E-state index in [2.05, 4.69) is 49.7 Å². The molecule has 0 rings (SSSR count). The van der Waals surface area contributed by atoms with Crippen LogP contribution in [-0.2, 0) is 13.8 Å². The number of hydrogen-bond acceptors (Lipinski definition) is 6. The van der Waals surface area contributed by atoms with Gasteiger partial charge in [0.2, 0.25) is 6.54 Å². The molecule has 5 nitrogen and oxygen atoms in total. The largest absolute Gasteiger partial charge is 0.378 e. The van der Waals surface area contributed by atoms with Crippen molar-refractivity contribution in [2.45, 2.75) is 52.0 Å². The van der Waals surface area contributed by atoms with Gasteiger partial charge in [0, 0.05) is 30.7 Å². The van der Waals surface area contributed by atoms with E-state index in [-0.39, 0.29) is 12.2 Å². The molecule has 24 heavy (non-hydrogen) atoms. The topological polar surface area (TPSA) is 35.3 Å². The van der Waals surface area contributed by atoms with Gasteiger partial charge < -0.3 is 18.6 Å². The first-order valence-corrected chi connectivity index (χ1v) is 12.1. The molecule has 0 bridgehead atoms. The van der Waals surface area contributed by atoms with Crippen LogP contribution >= 0.6 is 32.0 Å². The molecule has 0 aliphatic heterocycles. The molecule has 0 radical (unpaired) electrons. The van der Waals surface area contributed by atoms with E-state index in [1.54, 1.807) is 30.6 Å². The molecule has 3 atom stereocenters. The van der Waals surface area contributed by atoms with Gasteiger partial charge in [-0.1, -0.05) is 0 Å². The van der Waals surface area contributed by atoms with Crippen molar-refractivity contribution < 1.29 is 13.8 Å². The highest BCUT2D eigenvalue weighted by Gasteiger charge is 2.33. The van der Waals surface area contributed by atoms with E-state index in [0.717, 1.165) is 11.5 Å². The molecule has 0 heterocycles. The number of hydrogen-bond donors (Lipinski definition) is 0. The summed E-state index contributed by atoms with van der Waals surface area (Å²) in [4.78, 5) is 3.38. The highest BCUT2D eigenvalue weighted by atomic mass is 32.2. The average molecular weight is 397 g/mol. The number of thioether (sulfide) groups is 2. The van der Waals surface area contributed by atoms with E-state index in [1.165, 1.54) is 0 Å². The third-order valence-corrected chi connectivity index (χ3v) is 6.74. The van der Waals surface area contributed by atoms with Crippen LogP contribution < -0.4 is 0 Å². The summed E-state index contributed by atoms with van der Waals surface area (Å²) >= 11 is 3.51. The van der Waals surface area contributed by atoms with Gasteiger partial charge in [0.05, 0.1) is 6.10 Å². The molecule has 0 aliphatic carbocycles. The standard InChI is InChI=1S/C16H33N2O3PS2/c1-13(2)18(14(3)4)22(20-10-9-17-5)21-16(12-24-8)15(19-6)11-23-7/h13-16H,9-12H2,1-4,6-8H3. The Hall–Kier alpha value is 0.460. The lowest BCUT2D eigenvalue weighted by molar-refractivity contribution is 0.0187. The molecule has 0 fully saturated rings. The molecule has 0 spiro atoms. The maximum absolute atomic E-state index is 6.96. The first-order valence-electron chi connectivity index (χ1n) is 8.14. The quantitative estimate of drug-likeness (QED) is 0.246. The highest BCUT2D eigenvalue weighted by Crippen LogP contribution is 2.47. The minimum absolute atomic E-state index is 0.0306. The normalized spacial score (nSPS) is 15.7. The Kier molecular flexibility index (Phi) is 14.9. The molecule has 0 saturated heterocycles. The molecule has 0 amide bonds. The van der Waals surface area contributed by atoms with Gasteiger partial charge >= 0.3 is 0 Å². The van der Waals surface area contributed by atoms with Gasteiger partial charge in [0.25, 0.3) is 8.53 Å². The molecule has 0 aromatic rings. The Morgan fingerprint density at radius 1 is 1.04 bits per heavy atom. The maximum Gasteiger partial charge on any atom is 0.259 e. The van der Waals surface area contributed by atoms with Crippen LogP contribution in [0.1, 0.15) is 27.7 Å². The SMILES string of the molecule is [C-]#[N+]CCOP(OC(CSC)C(CSC)OC)N(C(C)C)C(C)C. The van der Waals surface area contributed by atoms with Crippen LogP contribution in [0.3, 0.4) is 0 Å². The minimum Gasteiger partial charge on any atom is -0.378 e. The fourth-order valence-electron chi connectivity index (χ4n) is 2.27. The molecule has 142 valence electrons. The third kappa shape index (κ3) is 9.24. The Morgan fingerprint density at radius 3 is 2.00 bits per heavy atom. The lowest BCUT2D eigenvalue weighted by atomic mass is 10.2. The maximum atomic E-state index is 6.96. The van der Waals surface area contributed by atoms with Crippen molar-refractivity contribution in [3.8, 4) is 0 Å². The fourth-order valence-corrected chi connectivity index (χ4v) is 5.40. The van der Waals surface area contributed by atoms with E-state index in [9.17, 15) is 0 Å².